The minimum absolute atomic E-state index is 0.0135. The third kappa shape index (κ3) is 6.28. The van der Waals surface area contributed by atoms with Gasteiger partial charge in [-0.05, 0) is 24.0 Å². The lowest BCUT2D eigenvalue weighted by molar-refractivity contribution is -0.0495. The summed E-state index contributed by atoms with van der Waals surface area (Å²) in [5.41, 5.74) is 18.7. The number of aromatic nitrogens is 8. The highest BCUT2D eigenvalue weighted by atomic mass is 32.5. The molecule has 1 unspecified atom stereocenters. The molecule has 2 saturated heterocycles. The van der Waals surface area contributed by atoms with E-state index in [-0.39, 0.29) is 42.0 Å². The predicted molar refractivity (Wildman–Crippen MR) is 167 cm³/mol. The van der Waals surface area contributed by atoms with Gasteiger partial charge in [0.2, 0.25) is 5.95 Å². The van der Waals surface area contributed by atoms with E-state index in [4.69, 9.17) is 52.1 Å². The van der Waals surface area contributed by atoms with Crippen LogP contribution in [0.25, 0.3) is 22.3 Å². The van der Waals surface area contributed by atoms with Gasteiger partial charge >= 0.3 is 15.4 Å². The zero-order valence-corrected chi connectivity index (χ0v) is 27.0. The summed E-state index contributed by atoms with van der Waals surface area (Å²) in [4.78, 5) is 35.7. The van der Waals surface area contributed by atoms with Gasteiger partial charge in [0.15, 0.2) is 29.2 Å². The highest BCUT2D eigenvalue weighted by molar-refractivity contribution is 8.07. The first-order valence-corrected chi connectivity index (χ1v) is 17.5. The molecule has 0 spiro atoms. The van der Waals surface area contributed by atoms with Crippen molar-refractivity contribution in [2.24, 2.45) is 5.92 Å². The fourth-order valence-electron chi connectivity index (χ4n) is 5.54. The monoisotopic (exact) mass is 717 g/mol. The van der Waals surface area contributed by atoms with Gasteiger partial charge in [0.1, 0.15) is 48.0 Å². The Kier molecular flexibility index (Phi) is 9.68. The first-order valence-electron chi connectivity index (χ1n) is 13.6. The van der Waals surface area contributed by atoms with E-state index in [9.17, 15) is 19.7 Å². The molecule has 2 fully saturated rings. The normalized spacial score (nSPS) is 29.7. The van der Waals surface area contributed by atoms with Crippen molar-refractivity contribution in [3.05, 3.63) is 19.0 Å². The average molecular weight is 718 g/mol. The lowest BCUT2D eigenvalue weighted by atomic mass is 9.97. The molecule has 0 saturated carbocycles. The predicted octanol–water partition coefficient (Wildman–Crippen LogP) is -0.293. The topological polar surface area (TPSA) is 289 Å². The lowest BCUT2D eigenvalue weighted by Crippen LogP contribution is -2.36. The van der Waals surface area contributed by atoms with Gasteiger partial charge in [-0.2, -0.15) is 22.6 Å². The van der Waals surface area contributed by atoms with Crippen molar-refractivity contribution in [2.75, 3.05) is 36.2 Å². The van der Waals surface area contributed by atoms with Crippen LogP contribution in [0.5, 0.6) is 0 Å². The maximum absolute atomic E-state index is 11.3. The number of nitrogens with zero attached hydrogens (tertiary/aromatic N) is 8. The highest BCUT2D eigenvalue weighted by Crippen LogP contribution is 2.50. The molecule has 46 heavy (non-hydrogen) atoms. The number of rotatable bonds is 12. The number of nitrogen functional groups attached to an aromatic ring is 3. The van der Waals surface area contributed by atoms with E-state index in [1.807, 2.05) is 0 Å². The molecule has 2 aliphatic heterocycles. The SMILES string of the molecule is Nc1nc(N)c2ncn([C@@H]3O[C@H](COP=O)[C@@H](OP(O)(=S)OC[C@H]4O[C@@H](n5cnc6c(N)ncnc65)[C@H](CCS)[C@@H]4O)[C@H]3O)c2n1. The van der Waals surface area contributed by atoms with E-state index in [0.29, 0.717) is 23.3 Å². The molecule has 0 aromatic carbocycles. The lowest BCUT2D eigenvalue weighted by Gasteiger charge is -2.26. The molecule has 9 N–H and O–H groups in total. The molecular weight excluding hydrogens is 688 g/mol. The summed E-state index contributed by atoms with van der Waals surface area (Å²) in [6.45, 7) is -4.86. The zero-order chi connectivity index (χ0) is 32.7. The first kappa shape index (κ1) is 33.2. The van der Waals surface area contributed by atoms with Crippen molar-refractivity contribution in [1.82, 2.24) is 39.0 Å². The smallest absolute Gasteiger partial charge is 0.327 e. The number of fused-ring (bicyclic) bond motifs is 2. The van der Waals surface area contributed by atoms with Gasteiger partial charge in [-0.1, -0.05) is 0 Å². The quantitative estimate of drug-likeness (QED) is 0.0731. The summed E-state index contributed by atoms with van der Waals surface area (Å²) in [5.74, 6) is 0.0368. The van der Waals surface area contributed by atoms with Gasteiger partial charge in [-0.25, -0.2) is 24.5 Å². The van der Waals surface area contributed by atoms with Crippen LogP contribution < -0.4 is 17.2 Å². The second-order valence-corrected chi connectivity index (χ2v) is 14.0. The van der Waals surface area contributed by atoms with E-state index < -0.39 is 64.3 Å². The maximum Gasteiger partial charge on any atom is 0.327 e. The van der Waals surface area contributed by atoms with Crippen molar-refractivity contribution in [2.45, 2.75) is 49.4 Å². The number of nitrogens with two attached hydrogens (primary N) is 3. The molecule has 4 aromatic rings. The minimum Gasteiger partial charge on any atom is -0.390 e. The van der Waals surface area contributed by atoms with E-state index >= 15 is 0 Å². The standard InChI is InChI=1S/C22H29N11O9P2S2/c23-16-11-18(27-5-26-16)32(6-28-11)20-8(1-2-45)13(34)9(40-20)4-39-44(37,46)42-15-10(3-38-43-36)41-21(14(15)35)33-7-29-12-17(24)30-22(25)31-19(12)33/h5-10,13-15,20-21,34-35,45H,1-4H2,(H,37,46)(H2,23,26,27)(H4,24,25,30,31)/t8-,9-,10-,13+,14-,15-,20-,21-,44?/m1/s1. The van der Waals surface area contributed by atoms with E-state index in [1.165, 1.54) is 23.5 Å². The Hall–Kier alpha value is -2.72. The maximum atomic E-state index is 11.3. The van der Waals surface area contributed by atoms with Crippen LogP contribution in [0.4, 0.5) is 17.6 Å². The van der Waals surface area contributed by atoms with Crippen molar-refractivity contribution in [1.29, 1.82) is 0 Å². The molecule has 0 aliphatic carbocycles. The van der Waals surface area contributed by atoms with Crippen molar-refractivity contribution in [3.63, 3.8) is 0 Å². The molecule has 0 radical (unpaired) electrons. The third-order valence-corrected chi connectivity index (χ3v) is 9.69. The molecule has 6 heterocycles. The Morgan fingerprint density at radius 1 is 0.957 bits per heavy atom. The van der Waals surface area contributed by atoms with Crippen LogP contribution in [0.1, 0.15) is 18.9 Å². The fraction of sp³-hybridized carbons (Fsp3) is 0.545. The van der Waals surface area contributed by atoms with Crippen molar-refractivity contribution < 1.29 is 42.7 Å². The first-order chi connectivity index (χ1) is 22.0. The van der Waals surface area contributed by atoms with Crippen molar-refractivity contribution >= 4 is 79.8 Å². The summed E-state index contributed by atoms with van der Waals surface area (Å²) in [6, 6.07) is 0. The molecule has 2 aliphatic rings. The minimum atomic E-state index is -4.15. The van der Waals surface area contributed by atoms with Gasteiger partial charge in [-0.15, -0.1) is 0 Å². The van der Waals surface area contributed by atoms with Gasteiger partial charge in [0.25, 0.3) is 0 Å². The Bertz CT molecular complexity index is 1790. The molecule has 4 aromatic heterocycles. The third-order valence-electron chi connectivity index (χ3n) is 7.62. The number of anilines is 3. The molecule has 6 rings (SSSR count). The van der Waals surface area contributed by atoms with Gasteiger partial charge in [0, 0.05) is 5.92 Å². The van der Waals surface area contributed by atoms with Crippen LogP contribution in [0.3, 0.4) is 0 Å². The van der Waals surface area contributed by atoms with Crippen LogP contribution in [0, 0.1) is 5.92 Å². The Morgan fingerprint density at radius 2 is 1.65 bits per heavy atom. The molecule has 20 nitrogen and oxygen atoms in total. The van der Waals surface area contributed by atoms with Crippen LogP contribution in [-0.4, -0.2) is 104 Å². The molecule has 9 atom stereocenters. The average Bonchev–Trinajstić information content (AvgIpc) is 3.77. The molecule has 0 amide bonds. The number of aliphatic hydroxyl groups excluding tert-OH is 2. The highest BCUT2D eigenvalue weighted by Gasteiger charge is 2.50. The van der Waals surface area contributed by atoms with Crippen molar-refractivity contribution in [3.8, 4) is 0 Å². The fourth-order valence-corrected chi connectivity index (χ4v) is 7.50. The summed E-state index contributed by atoms with van der Waals surface area (Å²) >= 11 is 9.60. The molecule has 248 valence electrons. The van der Waals surface area contributed by atoms with Crippen LogP contribution in [0.15, 0.2) is 19.0 Å². The second-order valence-electron chi connectivity index (χ2n) is 10.4. The van der Waals surface area contributed by atoms with Gasteiger partial charge in [0.05, 0.1) is 32.0 Å². The molecule has 0 bridgehead atoms. The summed E-state index contributed by atoms with van der Waals surface area (Å²) in [5, 5.41) is 22.5. The zero-order valence-electron chi connectivity index (χ0n) is 23.5. The summed E-state index contributed by atoms with van der Waals surface area (Å²) < 4.78 is 42.5. The number of ether oxygens (including phenoxy) is 2. The summed E-state index contributed by atoms with van der Waals surface area (Å²) in [6.07, 6.45) is -3.33. The Balaban J connectivity index is 1.18. The van der Waals surface area contributed by atoms with Gasteiger partial charge < -0.3 is 46.3 Å². The largest absolute Gasteiger partial charge is 0.390 e. The number of thiol groups is 1. The van der Waals surface area contributed by atoms with Crippen LogP contribution in [-0.2, 0) is 39.4 Å². The van der Waals surface area contributed by atoms with Crippen LogP contribution >= 0.6 is 28.0 Å². The van der Waals surface area contributed by atoms with E-state index in [0.717, 1.165) is 0 Å². The summed E-state index contributed by atoms with van der Waals surface area (Å²) in [7, 11) is -0.659. The van der Waals surface area contributed by atoms with Crippen LogP contribution in [0.2, 0.25) is 0 Å². The Morgan fingerprint density at radius 3 is 2.37 bits per heavy atom. The van der Waals surface area contributed by atoms with E-state index in [1.54, 1.807) is 4.57 Å². The van der Waals surface area contributed by atoms with Gasteiger partial charge in [-0.3, -0.25) is 18.2 Å². The number of aliphatic hydroxyl groups is 2. The van der Waals surface area contributed by atoms with E-state index in [2.05, 4.69) is 42.5 Å². The molecule has 24 heteroatoms. The number of imidazole rings is 2. The second kappa shape index (κ2) is 13.4. The number of hydrogen-bond donors (Lipinski definition) is 7. The molecular formula is C22H29N11O9P2S2. The number of hydrogen-bond acceptors (Lipinski definition) is 19. The Labute approximate surface area is 271 Å².